The number of fused-ring (bicyclic) bond motifs is 2. The molecule has 5 rings (SSSR count). The second kappa shape index (κ2) is 7.69. The molecule has 0 aliphatic carbocycles. The Morgan fingerprint density at radius 1 is 0.968 bits per heavy atom. The van der Waals surface area contributed by atoms with Gasteiger partial charge in [-0.25, -0.2) is 0 Å². The molecule has 2 atom stereocenters. The van der Waals surface area contributed by atoms with Crippen LogP contribution in [0.25, 0.3) is 11.0 Å². The van der Waals surface area contributed by atoms with Crippen molar-refractivity contribution in [3.63, 3.8) is 0 Å². The zero-order valence-electron chi connectivity index (χ0n) is 16.4. The van der Waals surface area contributed by atoms with E-state index < -0.39 is 18.1 Å². The number of hydrogen-bond donors (Lipinski definition) is 1. The number of rotatable bonds is 4. The van der Waals surface area contributed by atoms with E-state index in [4.69, 9.17) is 16.0 Å². The summed E-state index contributed by atoms with van der Waals surface area (Å²) in [5, 5.41) is 11.7. The minimum absolute atomic E-state index is 0.0000118. The van der Waals surface area contributed by atoms with Gasteiger partial charge in [0.15, 0.2) is 5.43 Å². The van der Waals surface area contributed by atoms with E-state index in [2.05, 4.69) is 0 Å². The van der Waals surface area contributed by atoms with Crippen molar-refractivity contribution in [3.05, 3.63) is 117 Å². The average Bonchev–Trinajstić information content (AvgIpc) is 3.06. The van der Waals surface area contributed by atoms with Crippen LogP contribution in [-0.2, 0) is 0 Å². The fourth-order valence-electron chi connectivity index (χ4n) is 4.15. The maximum absolute atomic E-state index is 13.4. The first-order valence-corrected chi connectivity index (χ1v) is 10.3. The second-order valence-corrected chi connectivity index (χ2v) is 7.95. The van der Waals surface area contributed by atoms with Crippen LogP contribution in [0.15, 0.2) is 88.1 Å². The number of β-amino-alcohol motifs (C(OH)–C–C–N with tert-alkyl or cyclic N) is 1. The topological polar surface area (TPSA) is 70.8 Å². The van der Waals surface area contributed by atoms with E-state index in [0.717, 1.165) is 0 Å². The van der Waals surface area contributed by atoms with Crippen molar-refractivity contribution in [3.8, 4) is 0 Å². The smallest absolute Gasteiger partial charge is 0.291 e. The molecule has 154 valence electrons. The molecule has 0 bridgehead atoms. The fraction of sp³-hybridized carbons (Fsp3) is 0.120. The molecule has 0 saturated heterocycles. The van der Waals surface area contributed by atoms with Gasteiger partial charge in [0, 0.05) is 5.02 Å². The van der Waals surface area contributed by atoms with Crippen molar-refractivity contribution >= 4 is 28.5 Å². The molecular weight excluding hydrogens is 414 g/mol. The number of halogens is 1. The van der Waals surface area contributed by atoms with Crippen molar-refractivity contribution in [1.82, 2.24) is 4.90 Å². The molecule has 0 fully saturated rings. The largest absolute Gasteiger partial charge is 0.450 e. The predicted octanol–water partition coefficient (Wildman–Crippen LogP) is 4.73. The van der Waals surface area contributed by atoms with Crippen LogP contribution in [0.3, 0.4) is 0 Å². The Hall–Kier alpha value is -3.41. The Morgan fingerprint density at radius 2 is 1.71 bits per heavy atom. The van der Waals surface area contributed by atoms with Crippen LogP contribution < -0.4 is 5.43 Å². The van der Waals surface area contributed by atoms with E-state index >= 15 is 0 Å². The third kappa shape index (κ3) is 3.32. The summed E-state index contributed by atoms with van der Waals surface area (Å²) in [5.41, 5.74) is 1.73. The van der Waals surface area contributed by atoms with Gasteiger partial charge in [-0.05, 0) is 35.4 Å². The van der Waals surface area contributed by atoms with Crippen molar-refractivity contribution in [2.75, 3.05) is 6.54 Å². The first-order chi connectivity index (χ1) is 15.0. The van der Waals surface area contributed by atoms with Gasteiger partial charge in [-0.3, -0.25) is 9.59 Å². The number of hydrogen-bond acceptors (Lipinski definition) is 4. The normalized spacial score (nSPS) is 16.5. The standard InChI is InChI=1S/C25H18ClNO4/c26-17-10-6-9-16(13-17)22-21-23(29)18-11-4-5-12-20(18)31-24(21)25(30)27(22)14-19(28)15-7-2-1-3-8-15/h1-13,19,22,28H,14H2/t19-,22+/m0/s1. The average molecular weight is 432 g/mol. The summed E-state index contributed by atoms with van der Waals surface area (Å²) in [6, 6.07) is 22.3. The minimum Gasteiger partial charge on any atom is -0.450 e. The van der Waals surface area contributed by atoms with Crippen LogP contribution in [0.5, 0.6) is 0 Å². The zero-order chi connectivity index (χ0) is 21.5. The SMILES string of the molecule is O=C1c2oc3ccccc3c(=O)c2[C@@H](c2cccc(Cl)c2)N1C[C@H](O)c1ccccc1. The van der Waals surface area contributed by atoms with Crippen molar-refractivity contribution in [2.45, 2.75) is 12.1 Å². The first kappa shape index (κ1) is 19.5. The highest BCUT2D eigenvalue weighted by Gasteiger charge is 2.43. The zero-order valence-corrected chi connectivity index (χ0v) is 17.1. The lowest BCUT2D eigenvalue weighted by atomic mass is 9.98. The summed E-state index contributed by atoms with van der Waals surface area (Å²) in [4.78, 5) is 28.3. The molecule has 0 saturated carbocycles. The molecule has 31 heavy (non-hydrogen) atoms. The molecule has 2 heterocycles. The lowest BCUT2D eigenvalue weighted by molar-refractivity contribution is 0.0583. The Kier molecular flexibility index (Phi) is 4.85. The molecule has 1 aromatic heterocycles. The molecule has 0 unspecified atom stereocenters. The van der Waals surface area contributed by atoms with Crippen LogP contribution in [-0.4, -0.2) is 22.5 Å². The number of aliphatic hydroxyl groups is 1. The minimum atomic E-state index is -0.925. The molecule has 3 aromatic carbocycles. The second-order valence-electron chi connectivity index (χ2n) is 7.51. The van der Waals surface area contributed by atoms with Gasteiger partial charge in [0.25, 0.3) is 5.91 Å². The summed E-state index contributed by atoms with van der Waals surface area (Å²) in [7, 11) is 0. The highest BCUT2D eigenvalue weighted by atomic mass is 35.5. The van der Waals surface area contributed by atoms with Gasteiger partial charge in [0.05, 0.1) is 29.6 Å². The van der Waals surface area contributed by atoms with E-state index in [1.165, 1.54) is 4.90 Å². The van der Waals surface area contributed by atoms with E-state index in [9.17, 15) is 14.7 Å². The molecule has 6 heteroatoms. The quantitative estimate of drug-likeness (QED) is 0.507. The van der Waals surface area contributed by atoms with Crippen molar-refractivity contribution < 1.29 is 14.3 Å². The van der Waals surface area contributed by atoms with Gasteiger partial charge in [-0.1, -0.05) is 66.2 Å². The molecule has 1 N–H and O–H groups in total. The third-order valence-electron chi connectivity index (χ3n) is 5.59. The summed E-state index contributed by atoms with van der Waals surface area (Å²) < 4.78 is 5.89. The number of carbonyl (C=O) groups is 1. The number of carbonyl (C=O) groups excluding carboxylic acids is 1. The number of benzene rings is 3. The van der Waals surface area contributed by atoms with E-state index in [0.29, 0.717) is 27.1 Å². The molecule has 1 amide bonds. The van der Waals surface area contributed by atoms with Crippen molar-refractivity contribution in [1.29, 1.82) is 0 Å². The van der Waals surface area contributed by atoms with E-state index in [-0.39, 0.29) is 23.3 Å². The molecule has 5 nitrogen and oxygen atoms in total. The van der Waals surface area contributed by atoms with Gasteiger partial charge in [0.1, 0.15) is 5.58 Å². The molecule has 0 radical (unpaired) electrons. The van der Waals surface area contributed by atoms with Gasteiger partial charge in [-0.15, -0.1) is 0 Å². The highest BCUT2D eigenvalue weighted by molar-refractivity contribution is 6.30. The Morgan fingerprint density at radius 3 is 2.48 bits per heavy atom. The van der Waals surface area contributed by atoms with Gasteiger partial charge in [0.2, 0.25) is 5.76 Å². The number of aliphatic hydroxyl groups excluding tert-OH is 1. The Labute approximate surface area is 183 Å². The first-order valence-electron chi connectivity index (χ1n) is 9.90. The summed E-state index contributed by atoms with van der Waals surface area (Å²) in [6.45, 7) is 0.0000118. The molecule has 4 aromatic rings. The van der Waals surface area contributed by atoms with Gasteiger partial charge >= 0.3 is 0 Å². The molecule has 1 aliphatic rings. The van der Waals surface area contributed by atoms with E-state index in [1.807, 2.05) is 24.3 Å². The van der Waals surface area contributed by atoms with Crippen LogP contribution >= 0.6 is 11.6 Å². The Bertz CT molecular complexity index is 1350. The van der Waals surface area contributed by atoms with Gasteiger partial charge < -0.3 is 14.4 Å². The molecular formula is C25H18ClNO4. The molecule has 0 spiro atoms. The number of nitrogens with zero attached hydrogens (tertiary/aromatic N) is 1. The number of amides is 1. The van der Waals surface area contributed by atoms with Crippen LogP contribution in [0.2, 0.25) is 5.02 Å². The summed E-state index contributed by atoms with van der Waals surface area (Å²) >= 11 is 6.22. The maximum atomic E-state index is 13.4. The summed E-state index contributed by atoms with van der Waals surface area (Å²) in [5.74, 6) is -0.424. The lowest BCUT2D eigenvalue weighted by Crippen LogP contribution is -2.33. The number of para-hydroxylation sites is 1. The fourth-order valence-corrected chi connectivity index (χ4v) is 4.34. The van der Waals surface area contributed by atoms with E-state index in [1.54, 1.807) is 54.6 Å². The lowest BCUT2D eigenvalue weighted by Gasteiger charge is -2.27. The van der Waals surface area contributed by atoms with Gasteiger partial charge in [-0.2, -0.15) is 0 Å². The maximum Gasteiger partial charge on any atom is 0.291 e. The van der Waals surface area contributed by atoms with Crippen LogP contribution in [0.1, 0.15) is 39.4 Å². The van der Waals surface area contributed by atoms with Crippen LogP contribution in [0.4, 0.5) is 0 Å². The van der Waals surface area contributed by atoms with Crippen LogP contribution in [0, 0.1) is 0 Å². The third-order valence-corrected chi connectivity index (χ3v) is 5.83. The Balaban J connectivity index is 1.68. The molecule has 1 aliphatic heterocycles. The highest BCUT2D eigenvalue weighted by Crippen LogP contribution is 2.39. The van der Waals surface area contributed by atoms with Crippen molar-refractivity contribution in [2.24, 2.45) is 0 Å². The predicted molar refractivity (Wildman–Crippen MR) is 118 cm³/mol. The monoisotopic (exact) mass is 431 g/mol. The summed E-state index contributed by atoms with van der Waals surface area (Å²) in [6.07, 6.45) is -0.925.